The molecule has 0 aliphatic rings. The van der Waals surface area contributed by atoms with Crippen molar-refractivity contribution in [2.75, 3.05) is 17.8 Å². The molecule has 0 aliphatic heterocycles. The lowest BCUT2D eigenvalue weighted by Gasteiger charge is -2.05. The van der Waals surface area contributed by atoms with E-state index in [1.165, 1.54) is 17.5 Å². The zero-order chi connectivity index (χ0) is 19.9. The molecule has 0 fully saturated rings. The lowest BCUT2D eigenvalue weighted by Crippen LogP contribution is -2.39. The van der Waals surface area contributed by atoms with E-state index in [0.717, 1.165) is 11.3 Å². The number of benzene rings is 1. The smallest absolute Gasteiger partial charge is 0.322 e. The van der Waals surface area contributed by atoms with Gasteiger partial charge < -0.3 is 15.7 Å². The van der Waals surface area contributed by atoms with E-state index >= 15 is 0 Å². The van der Waals surface area contributed by atoms with Crippen molar-refractivity contribution in [3.05, 3.63) is 41.4 Å². The normalized spacial score (nSPS) is 10.8. The Bertz CT molecular complexity index is 927. The molecule has 0 spiro atoms. The van der Waals surface area contributed by atoms with Gasteiger partial charge in [0.15, 0.2) is 5.13 Å². The first kappa shape index (κ1) is 20.3. The first-order valence-corrected chi connectivity index (χ1v) is 9.90. The largest absolute Gasteiger partial charge is 0.480 e. The van der Waals surface area contributed by atoms with Gasteiger partial charge in [0, 0.05) is 5.38 Å². The van der Waals surface area contributed by atoms with Crippen LogP contribution in [0.25, 0.3) is 0 Å². The Balaban J connectivity index is 1.86. The predicted molar refractivity (Wildman–Crippen MR) is 96.7 cm³/mol. The number of nitrogens with one attached hydrogen (secondary N) is 3. The number of amides is 2. The molecule has 1 heterocycles. The topological polar surface area (TPSA) is 155 Å². The highest BCUT2D eigenvalue weighted by Crippen LogP contribution is 2.20. The summed E-state index contributed by atoms with van der Waals surface area (Å²) in [4.78, 5) is 37.6. The summed E-state index contributed by atoms with van der Waals surface area (Å²) in [6.07, 6.45) is -0.157. The summed E-state index contributed by atoms with van der Waals surface area (Å²) >= 11 is 1.02. The molecule has 27 heavy (non-hydrogen) atoms. The molecular weight excluding hydrogens is 396 g/mol. The minimum atomic E-state index is -3.77. The number of sulfonamides is 1. The maximum atomic E-state index is 12.2. The van der Waals surface area contributed by atoms with Gasteiger partial charge in [-0.05, 0) is 12.1 Å². The number of carbonyl (C=O) groups is 3. The number of aliphatic carboxylic acids is 1. The Kier molecular flexibility index (Phi) is 6.85. The Labute approximate surface area is 158 Å². The number of carboxylic acids is 1. The third kappa shape index (κ3) is 6.67. The van der Waals surface area contributed by atoms with E-state index in [1.807, 2.05) is 0 Å². The SMILES string of the molecule is O=C(O)CNC(=O)CNC(=O)Cc1csc(NS(=O)(=O)c2ccccc2)n1. The maximum absolute atomic E-state index is 12.2. The summed E-state index contributed by atoms with van der Waals surface area (Å²) < 4.78 is 26.8. The molecule has 1 aromatic heterocycles. The Hall–Kier alpha value is -2.99. The van der Waals surface area contributed by atoms with Gasteiger partial charge in [-0.2, -0.15) is 0 Å². The fourth-order valence-corrected chi connectivity index (χ4v) is 3.84. The van der Waals surface area contributed by atoms with Gasteiger partial charge >= 0.3 is 5.97 Å². The van der Waals surface area contributed by atoms with Crippen LogP contribution < -0.4 is 15.4 Å². The summed E-state index contributed by atoms with van der Waals surface area (Å²) in [6, 6.07) is 7.78. The molecule has 1 aromatic carbocycles. The zero-order valence-corrected chi connectivity index (χ0v) is 15.5. The molecular formula is C15H16N4O6S2. The van der Waals surface area contributed by atoms with Crippen LogP contribution in [0.1, 0.15) is 5.69 Å². The molecule has 4 N–H and O–H groups in total. The van der Waals surface area contributed by atoms with Crippen LogP contribution in [0.4, 0.5) is 5.13 Å². The monoisotopic (exact) mass is 412 g/mol. The van der Waals surface area contributed by atoms with E-state index in [-0.39, 0.29) is 23.0 Å². The summed E-state index contributed by atoms with van der Waals surface area (Å²) in [6.45, 7) is -0.907. The highest BCUT2D eigenvalue weighted by atomic mass is 32.2. The summed E-state index contributed by atoms with van der Waals surface area (Å²) in [5.74, 6) is -2.34. The van der Waals surface area contributed by atoms with Gasteiger partial charge in [0.25, 0.3) is 10.0 Å². The third-order valence-corrected chi connectivity index (χ3v) is 5.34. The van der Waals surface area contributed by atoms with Gasteiger partial charge in [0.2, 0.25) is 11.8 Å². The van der Waals surface area contributed by atoms with Crippen molar-refractivity contribution in [3.8, 4) is 0 Å². The predicted octanol–water partition coefficient (Wildman–Crippen LogP) is -0.197. The second kappa shape index (κ2) is 9.09. The summed E-state index contributed by atoms with van der Waals surface area (Å²) in [7, 11) is -3.77. The van der Waals surface area contributed by atoms with Crippen molar-refractivity contribution in [1.82, 2.24) is 15.6 Å². The minimum Gasteiger partial charge on any atom is -0.480 e. The molecule has 144 valence electrons. The van der Waals surface area contributed by atoms with Gasteiger partial charge in [-0.25, -0.2) is 13.4 Å². The Morgan fingerprint density at radius 1 is 1.04 bits per heavy atom. The minimum absolute atomic E-state index is 0.0897. The van der Waals surface area contributed by atoms with E-state index < -0.39 is 34.4 Å². The van der Waals surface area contributed by atoms with Gasteiger partial charge in [0.05, 0.1) is 23.6 Å². The average molecular weight is 412 g/mol. The van der Waals surface area contributed by atoms with Crippen LogP contribution in [-0.2, 0) is 30.8 Å². The molecule has 0 aliphatic carbocycles. The molecule has 2 rings (SSSR count). The standard InChI is InChI=1S/C15H16N4O6S2/c20-12(16-7-13(21)17-8-14(22)23)6-10-9-26-15(18-10)19-27(24,25)11-4-2-1-3-5-11/h1-5,9H,6-8H2,(H,16,20)(H,17,21)(H,18,19)(H,22,23). The van der Waals surface area contributed by atoms with Crippen molar-refractivity contribution in [1.29, 1.82) is 0 Å². The molecule has 0 unspecified atom stereocenters. The summed E-state index contributed by atoms with van der Waals surface area (Å²) in [5.41, 5.74) is 0.328. The lowest BCUT2D eigenvalue weighted by atomic mass is 10.3. The summed E-state index contributed by atoms with van der Waals surface area (Å²) in [5, 5.41) is 14.5. The number of nitrogens with zero attached hydrogens (tertiary/aromatic N) is 1. The highest BCUT2D eigenvalue weighted by molar-refractivity contribution is 7.93. The van der Waals surface area contributed by atoms with Crippen LogP contribution in [0, 0.1) is 0 Å². The van der Waals surface area contributed by atoms with Crippen LogP contribution in [0.5, 0.6) is 0 Å². The number of hydrogen-bond acceptors (Lipinski definition) is 7. The lowest BCUT2D eigenvalue weighted by molar-refractivity contribution is -0.137. The molecule has 0 saturated carbocycles. The van der Waals surface area contributed by atoms with Gasteiger partial charge in [-0.3, -0.25) is 19.1 Å². The van der Waals surface area contributed by atoms with E-state index in [0.29, 0.717) is 5.69 Å². The van der Waals surface area contributed by atoms with Crippen LogP contribution in [0.2, 0.25) is 0 Å². The molecule has 10 nitrogen and oxygen atoms in total. The maximum Gasteiger partial charge on any atom is 0.322 e. The molecule has 2 amide bonds. The van der Waals surface area contributed by atoms with E-state index in [2.05, 4.69) is 20.3 Å². The van der Waals surface area contributed by atoms with Gasteiger partial charge in [-0.1, -0.05) is 18.2 Å². The number of thiazole rings is 1. The number of carboxylic acid groups (broad SMARTS) is 1. The van der Waals surface area contributed by atoms with Crippen LogP contribution in [0.3, 0.4) is 0 Å². The highest BCUT2D eigenvalue weighted by Gasteiger charge is 2.16. The molecule has 0 saturated heterocycles. The average Bonchev–Trinajstić information content (AvgIpc) is 3.05. The van der Waals surface area contributed by atoms with Crippen molar-refractivity contribution in [3.63, 3.8) is 0 Å². The van der Waals surface area contributed by atoms with Crippen LogP contribution in [0.15, 0.2) is 40.6 Å². The Morgan fingerprint density at radius 2 is 1.70 bits per heavy atom. The third-order valence-electron chi connectivity index (χ3n) is 3.05. The van der Waals surface area contributed by atoms with Crippen LogP contribution >= 0.6 is 11.3 Å². The number of aromatic nitrogens is 1. The van der Waals surface area contributed by atoms with E-state index in [4.69, 9.17) is 5.11 Å². The molecule has 0 bridgehead atoms. The van der Waals surface area contributed by atoms with Gasteiger partial charge in [0.1, 0.15) is 6.54 Å². The number of carbonyl (C=O) groups excluding carboxylic acids is 2. The number of rotatable bonds is 9. The molecule has 12 heteroatoms. The van der Waals surface area contributed by atoms with Crippen molar-refractivity contribution in [2.24, 2.45) is 0 Å². The fourth-order valence-electron chi connectivity index (χ4n) is 1.85. The molecule has 0 radical (unpaired) electrons. The van der Waals surface area contributed by atoms with Gasteiger partial charge in [-0.15, -0.1) is 11.3 Å². The quantitative estimate of drug-likeness (QED) is 0.445. The van der Waals surface area contributed by atoms with Crippen LogP contribution in [-0.4, -0.2) is 49.4 Å². The number of hydrogen-bond donors (Lipinski definition) is 4. The van der Waals surface area contributed by atoms with E-state index in [9.17, 15) is 22.8 Å². The van der Waals surface area contributed by atoms with Crippen molar-refractivity contribution in [2.45, 2.75) is 11.3 Å². The molecule has 2 aromatic rings. The zero-order valence-electron chi connectivity index (χ0n) is 13.8. The van der Waals surface area contributed by atoms with E-state index in [1.54, 1.807) is 18.2 Å². The second-order valence-electron chi connectivity index (χ2n) is 5.19. The van der Waals surface area contributed by atoms with Crippen molar-refractivity contribution >= 4 is 44.3 Å². The molecule has 0 atom stereocenters. The number of anilines is 1. The van der Waals surface area contributed by atoms with Crippen molar-refractivity contribution < 1.29 is 27.9 Å². The fraction of sp³-hybridized carbons (Fsp3) is 0.200. The first-order valence-electron chi connectivity index (χ1n) is 7.54. The first-order chi connectivity index (χ1) is 12.8. The Morgan fingerprint density at radius 3 is 2.37 bits per heavy atom. The second-order valence-corrected chi connectivity index (χ2v) is 7.73.